The van der Waals surface area contributed by atoms with Gasteiger partial charge in [0.2, 0.25) is 11.8 Å². The number of amides is 2. The molecule has 4 heteroatoms. The summed E-state index contributed by atoms with van der Waals surface area (Å²) in [5.41, 5.74) is 5.21. The fraction of sp³-hybridized carbons (Fsp3) is 0.818. The number of carbonyl (C=O) groups excluding carboxylic acids is 2. The van der Waals surface area contributed by atoms with Gasteiger partial charge in [-0.3, -0.25) is 9.59 Å². The Hall–Kier alpha value is -1.06. The molecule has 2 amide bonds. The number of primary amides is 1. The molecule has 0 saturated carbocycles. The molecule has 1 unspecified atom stereocenters. The number of carbonyl (C=O) groups is 2. The molecule has 0 aromatic rings. The minimum Gasteiger partial charge on any atom is -0.368 e. The van der Waals surface area contributed by atoms with Gasteiger partial charge in [-0.2, -0.15) is 0 Å². The molecular weight excluding hydrogens is 192 g/mol. The molecule has 0 aliphatic carbocycles. The minimum absolute atomic E-state index is 0.233. The first-order chi connectivity index (χ1) is 9.77. The van der Waals surface area contributed by atoms with E-state index >= 15 is 0 Å². The van der Waals surface area contributed by atoms with Crippen LogP contribution >= 0.6 is 0 Å². The summed E-state index contributed by atoms with van der Waals surface area (Å²) in [5, 5.41) is 0. The Balaban J connectivity index is 3.06. The molecular formula is C11H20N2O2. The summed E-state index contributed by atoms with van der Waals surface area (Å²) in [6.45, 7) is -1.75. The van der Waals surface area contributed by atoms with Crippen LogP contribution in [0.25, 0.3) is 0 Å². The van der Waals surface area contributed by atoms with Crippen molar-refractivity contribution in [3.63, 3.8) is 0 Å². The molecule has 2 N–H and O–H groups in total. The lowest BCUT2D eigenvalue weighted by atomic mass is 10.0. The fourth-order valence-electron chi connectivity index (χ4n) is 1.81. The lowest BCUT2D eigenvalue weighted by Gasteiger charge is -2.24. The van der Waals surface area contributed by atoms with Crippen LogP contribution in [0.4, 0.5) is 0 Å². The average Bonchev–Trinajstić information content (AvgIpc) is 2.71. The van der Waals surface area contributed by atoms with E-state index in [2.05, 4.69) is 0 Å². The van der Waals surface area contributed by atoms with Gasteiger partial charge < -0.3 is 10.6 Å². The predicted octanol–water partition coefficient (Wildman–Crippen LogP) is 0.899. The van der Waals surface area contributed by atoms with Gasteiger partial charge >= 0.3 is 0 Å². The summed E-state index contributed by atoms with van der Waals surface area (Å²) in [4.78, 5) is 24.5. The Labute approximate surface area is 101 Å². The second kappa shape index (κ2) is 5.14. The van der Waals surface area contributed by atoms with Crippen molar-refractivity contribution in [2.45, 2.75) is 45.4 Å². The lowest BCUT2D eigenvalue weighted by Crippen LogP contribution is -2.45. The van der Waals surface area contributed by atoms with Gasteiger partial charge in [0.15, 0.2) is 0 Å². The third kappa shape index (κ3) is 2.70. The summed E-state index contributed by atoms with van der Waals surface area (Å²) in [7, 11) is 0. The van der Waals surface area contributed by atoms with Crippen LogP contribution in [0.1, 0.15) is 49.0 Å². The molecule has 2 atom stereocenters. The smallest absolute Gasteiger partial charge is 0.240 e. The first-order valence-corrected chi connectivity index (χ1v) is 4.86. The van der Waals surface area contributed by atoms with Crippen molar-refractivity contribution < 1.29 is 19.2 Å². The third-order valence-corrected chi connectivity index (χ3v) is 2.53. The molecule has 1 rings (SSSR count). The van der Waals surface area contributed by atoms with Gasteiger partial charge in [-0.25, -0.2) is 0 Å². The van der Waals surface area contributed by atoms with Gasteiger partial charge in [-0.1, -0.05) is 20.1 Å². The first kappa shape index (κ1) is 5.32. The fourth-order valence-corrected chi connectivity index (χ4v) is 1.81. The highest BCUT2D eigenvalue weighted by Crippen LogP contribution is 2.24. The molecule has 15 heavy (non-hydrogen) atoms. The van der Waals surface area contributed by atoms with E-state index in [4.69, 9.17) is 15.3 Å². The highest BCUT2D eigenvalue weighted by Gasteiger charge is 2.35. The number of hydrogen-bond acceptors (Lipinski definition) is 2. The van der Waals surface area contributed by atoms with Crippen molar-refractivity contribution in [1.29, 1.82) is 0 Å². The normalized spacial score (nSPS) is 32.9. The third-order valence-electron chi connectivity index (χ3n) is 2.53. The highest BCUT2D eigenvalue weighted by molar-refractivity contribution is 5.87. The summed E-state index contributed by atoms with van der Waals surface area (Å²) >= 11 is 0. The monoisotopic (exact) mass is 219 g/mol. The van der Waals surface area contributed by atoms with Crippen LogP contribution in [-0.4, -0.2) is 29.3 Å². The van der Waals surface area contributed by atoms with Gasteiger partial charge in [-0.05, 0) is 18.7 Å². The van der Waals surface area contributed by atoms with Gasteiger partial charge in [-0.15, -0.1) is 0 Å². The molecule has 0 spiro atoms. The molecule has 4 nitrogen and oxygen atoms in total. The van der Waals surface area contributed by atoms with Crippen molar-refractivity contribution >= 4 is 11.8 Å². The summed E-state index contributed by atoms with van der Waals surface area (Å²) in [6, 6.07) is -0.896. The van der Waals surface area contributed by atoms with Crippen molar-refractivity contribution in [3.05, 3.63) is 0 Å². The van der Waals surface area contributed by atoms with Crippen molar-refractivity contribution in [2.24, 2.45) is 11.7 Å². The van der Waals surface area contributed by atoms with Gasteiger partial charge in [0.05, 0.1) is 0 Å². The van der Waals surface area contributed by atoms with E-state index < -0.39 is 43.4 Å². The molecule has 0 radical (unpaired) electrons. The van der Waals surface area contributed by atoms with E-state index in [-0.39, 0.29) is 19.4 Å². The van der Waals surface area contributed by atoms with Crippen LogP contribution in [0.5, 0.6) is 0 Å². The van der Waals surface area contributed by atoms with Crippen molar-refractivity contribution in [2.75, 3.05) is 6.54 Å². The zero-order chi connectivity index (χ0) is 17.5. The number of nitrogens with two attached hydrogens (primary N) is 1. The SMILES string of the molecule is [2H]C([2H])([2H])C([2H])([2H])C([2H])([2H])[C@@H]1CC(=O)N(C(CC)C(N)=O)C1. The Morgan fingerprint density at radius 2 is 2.60 bits per heavy atom. The maximum Gasteiger partial charge on any atom is 0.240 e. The molecule has 1 saturated heterocycles. The maximum atomic E-state index is 12.0. The number of nitrogens with zero attached hydrogens (tertiary/aromatic N) is 1. The zero-order valence-corrected chi connectivity index (χ0v) is 8.62. The van der Waals surface area contributed by atoms with Crippen LogP contribution in [0.3, 0.4) is 0 Å². The molecule has 0 bridgehead atoms. The summed E-state index contributed by atoms with van der Waals surface area (Å²) < 4.78 is 52.6. The molecule has 0 aromatic carbocycles. The van der Waals surface area contributed by atoms with E-state index in [1.54, 1.807) is 6.92 Å². The van der Waals surface area contributed by atoms with E-state index in [0.29, 0.717) is 0 Å². The maximum absolute atomic E-state index is 12.0. The Bertz CT molecular complexity index is 464. The van der Waals surface area contributed by atoms with Crippen LogP contribution < -0.4 is 5.73 Å². The van der Waals surface area contributed by atoms with Gasteiger partial charge in [0.25, 0.3) is 0 Å². The average molecular weight is 219 g/mol. The lowest BCUT2D eigenvalue weighted by molar-refractivity contribution is -0.136. The Morgan fingerprint density at radius 1 is 1.87 bits per heavy atom. The first-order valence-electron chi connectivity index (χ1n) is 8.36. The number of rotatable bonds is 5. The van der Waals surface area contributed by atoms with Crippen LogP contribution in [0.15, 0.2) is 0 Å². The zero-order valence-electron chi connectivity index (χ0n) is 15.6. The molecule has 0 aromatic heterocycles. The van der Waals surface area contributed by atoms with E-state index in [1.165, 1.54) is 0 Å². The predicted molar refractivity (Wildman–Crippen MR) is 58.0 cm³/mol. The van der Waals surface area contributed by atoms with E-state index in [9.17, 15) is 9.59 Å². The number of hydrogen-bond donors (Lipinski definition) is 1. The molecule has 1 aliphatic heterocycles. The van der Waals surface area contributed by atoms with Crippen LogP contribution in [0, 0.1) is 5.92 Å². The van der Waals surface area contributed by atoms with Crippen molar-refractivity contribution in [3.8, 4) is 0 Å². The van der Waals surface area contributed by atoms with Gasteiger partial charge in [0, 0.05) is 22.6 Å². The highest BCUT2D eigenvalue weighted by atomic mass is 16.2. The molecule has 1 aliphatic rings. The standard InChI is InChI=1S/C11H20N2O2/c1-3-5-8-6-10(14)13(7-8)9(4-2)11(12)15/h8-9H,3-7H2,1-2H3,(H2,12,15)/t8-,9?/m1/s1/i1D3,3D2,5D2. The molecule has 1 heterocycles. The summed E-state index contributed by atoms with van der Waals surface area (Å²) in [5.74, 6) is -2.42. The molecule has 1 fully saturated rings. The van der Waals surface area contributed by atoms with E-state index in [0.717, 1.165) is 4.90 Å². The Kier molecular flexibility index (Phi) is 1.83. The topological polar surface area (TPSA) is 63.4 Å². The minimum atomic E-state index is -3.17. The van der Waals surface area contributed by atoms with Crippen LogP contribution in [-0.2, 0) is 9.59 Å². The van der Waals surface area contributed by atoms with E-state index in [1.807, 2.05) is 0 Å². The second-order valence-corrected chi connectivity index (χ2v) is 3.54. The number of likely N-dealkylation sites (tertiary alicyclic amines) is 1. The van der Waals surface area contributed by atoms with Gasteiger partial charge in [0.1, 0.15) is 6.04 Å². The van der Waals surface area contributed by atoms with Crippen LogP contribution in [0.2, 0.25) is 0 Å². The summed E-state index contributed by atoms with van der Waals surface area (Å²) in [6.07, 6.45) is -5.97. The van der Waals surface area contributed by atoms with Crippen molar-refractivity contribution in [1.82, 2.24) is 4.90 Å². The Morgan fingerprint density at radius 3 is 3.13 bits per heavy atom. The largest absolute Gasteiger partial charge is 0.368 e. The molecule has 86 valence electrons. The second-order valence-electron chi connectivity index (χ2n) is 3.54. The quantitative estimate of drug-likeness (QED) is 0.746.